The molecular weight excluding hydrogens is 374 g/mol. The second-order valence-electron chi connectivity index (χ2n) is 6.08. The van der Waals surface area contributed by atoms with Crippen molar-refractivity contribution in [1.29, 1.82) is 0 Å². The number of carbonyl (C=O) groups is 1. The molecule has 5 nitrogen and oxygen atoms in total. The first-order valence-electron chi connectivity index (χ1n) is 8.47. The molecule has 146 valence electrons. The molecule has 2 aromatic rings. The summed E-state index contributed by atoms with van der Waals surface area (Å²) in [6.45, 7) is 2.57. The van der Waals surface area contributed by atoms with Gasteiger partial charge in [-0.15, -0.1) is 0 Å². The molecule has 2 aromatic carbocycles. The fraction of sp³-hybridized carbons (Fsp3) is 0.316. The second kappa shape index (κ2) is 8.94. The van der Waals surface area contributed by atoms with E-state index in [-0.39, 0.29) is 24.6 Å². The summed E-state index contributed by atoms with van der Waals surface area (Å²) in [7, 11) is -3.76. The summed E-state index contributed by atoms with van der Waals surface area (Å²) < 4.78 is 51.6. The molecule has 0 unspecified atom stereocenters. The summed E-state index contributed by atoms with van der Waals surface area (Å²) in [4.78, 5) is 14.1. The Morgan fingerprint density at radius 2 is 1.70 bits per heavy atom. The minimum absolute atomic E-state index is 0.0182. The highest BCUT2D eigenvalue weighted by Gasteiger charge is 2.21. The van der Waals surface area contributed by atoms with Gasteiger partial charge in [0.15, 0.2) is 11.6 Å². The van der Waals surface area contributed by atoms with Crippen LogP contribution in [0.4, 0.5) is 14.5 Å². The Morgan fingerprint density at radius 1 is 1.04 bits per heavy atom. The first-order chi connectivity index (χ1) is 12.7. The van der Waals surface area contributed by atoms with E-state index in [0.29, 0.717) is 13.1 Å². The molecule has 0 fully saturated rings. The van der Waals surface area contributed by atoms with Crippen molar-refractivity contribution < 1.29 is 22.0 Å². The Labute approximate surface area is 158 Å². The van der Waals surface area contributed by atoms with E-state index < -0.39 is 21.7 Å². The third kappa shape index (κ3) is 5.75. The van der Waals surface area contributed by atoms with Crippen LogP contribution in [0.25, 0.3) is 0 Å². The summed E-state index contributed by atoms with van der Waals surface area (Å²) >= 11 is 0. The molecule has 0 aliphatic carbocycles. The molecule has 0 saturated carbocycles. The highest BCUT2D eigenvalue weighted by molar-refractivity contribution is 7.92. The molecule has 0 spiro atoms. The third-order valence-corrected chi connectivity index (χ3v) is 5.27. The van der Waals surface area contributed by atoms with Gasteiger partial charge in [0.1, 0.15) is 0 Å². The number of hydrogen-bond acceptors (Lipinski definition) is 3. The number of nitrogens with zero attached hydrogens (tertiary/aromatic N) is 2. The van der Waals surface area contributed by atoms with Gasteiger partial charge < -0.3 is 4.90 Å². The van der Waals surface area contributed by atoms with E-state index in [4.69, 9.17) is 0 Å². The van der Waals surface area contributed by atoms with Gasteiger partial charge in [-0.25, -0.2) is 17.2 Å². The minimum atomic E-state index is -3.76. The number of hydrogen-bond donors (Lipinski definition) is 0. The van der Waals surface area contributed by atoms with Crippen LogP contribution in [0.15, 0.2) is 48.5 Å². The maximum Gasteiger partial charge on any atom is 0.232 e. The van der Waals surface area contributed by atoms with Crippen molar-refractivity contribution in [1.82, 2.24) is 4.90 Å². The van der Waals surface area contributed by atoms with Crippen LogP contribution in [0.3, 0.4) is 0 Å². The molecule has 0 aliphatic rings. The second-order valence-corrected chi connectivity index (χ2v) is 7.98. The minimum Gasteiger partial charge on any atom is -0.339 e. The Morgan fingerprint density at radius 3 is 2.26 bits per heavy atom. The third-order valence-electron chi connectivity index (χ3n) is 4.07. The first kappa shape index (κ1) is 20.8. The zero-order valence-electron chi connectivity index (χ0n) is 15.2. The summed E-state index contributed by atoms with van der Waals surface area (Å²) in [5.74, 6) is -2.44. The van der Waals surface area contributed by atoms with E-state index in [0.717, 1.165) is 28.3 Å². The van der Waals surface area contributed by atoms with E-state index in [9.17, 15) is 22.0 Å². The van der Waals surface area contributed by atoms with E-state index in [1.165, 1.54) is 6.07 Å². The molecule has 0 saturated heterocycles. The first-order valence-corrected chi connectivity index (χ1v) is 10.3. The fourth-order valence-electron chi connectivity index (χ4n) is 2.66. The van der Waals surface area contributed by atoms with Crippen molar-refractivity contribution in [3.63, 3.8) is 0 Å². The zero-order valence-corrected chi connectivity index (χ0v) is 16.0. The summed E-state index contributed by atoms with van der Waals surface area (Å²) in [5.41, 5.74) is 0.948. The number of carbonyl (C=O) groups excluding carboxylic acids is 1. The number of amides is 1. The van der Waals surface area contributed by atoms with Crippen molar-refractivity contribution in [3.05, 3.63) is 65.7 Å². The number of rotatable bonds is 8. The normalized spacial score (nSPS) is 11.3. The molecule has 0 bridgehead atoms. The van der Waals surface area contributed by atoms with E-state index >= 15 is 0 Å². The van der Waals surface area contributed by atoms with Crippen LogP contribution in [0, 0.1) is 11.6 Å². The molecule has 0 atom stereocenters. The average molecular weight is 396 g/mol. The number of sulfonamides is 1. The molecule has 2 rings (SSSR count). The quantitative estimate of drug-likeness (QED) is 0.689. The molecule has 0 aromatic heterocycles. The monoisotopic (exact) mass is 396 g/mol. The maximum absolute atomic E-state index is 13.5. The van der Waals surface area contributed by atoms with Crippen LogP contribution in [-0.2, 0) is 21.4 Å². The molecule has 0 aliphatic heterocycles. The molecule has 0 N–H and O–H groups in total. The fourth-order valence-corrected chi connectivity index (χ4v) is 3.58. The molecule has 8 heteroatoms. The van der Waals surface area contributed by atoms with Crippen LogP contribution >= 0.6 is 0 Å². The van der Waals surface area contributed by atoms with Crippen LogP contribution in [0.5, 0.6) is 0 Å². The van der Waals surface area contributed by atoms with E-state index in [2.05, 4.69) is 0 Å². The SMILES string of the molecule is CCN(Cc1ccccc1)C(=O)CCN(c1ccc(F)c(F)c1)S(C)(=O)=O. The van der Waals surface area contributed by atoms with Crippen molar-refractivity contribution in [2.45, 2.75) is 19.9 Å². The number of anilines is 1. The summed E-state index contributed by atoms with van der Waals surface area (Å²) in [5, 5.41) is 0. The highest BCUT2D eigenvalue weighted by atomic mass is 32.2. The predicted octanol–water partition coefficient (Wildman–Crippen LogP) is 3.17. The summed E-state index contributed by atoms with van der Waals surface area (Å²) in [6, 6.07) is 12.3. The maximum atomic E-state index is 13.5. The van der Waals surface area contributed by atoms with Crippen LogP contribution < -0.4 is 4.31 Å². The zero-order chi connectivity index (χ0) is 20.0. The Kier molecular flexibility index (Phi) is 6.90. The van der Waals surface area contributed by atoms with Gasteiger partial charge in [-0.05, 0) is 24.6 Å². The lowest BCUT2D eigenvalue weighted by atomic mass is 10.2. The average Bonchev–Trinajstić information content (AvgIpc) is 2.62. The van der Waals surface area contributed by atoms with Gasteiger partial charge in [0, 0.05) is 32.1 Å². The van der Waals surface area contributed by atoms with Gasteiger partial charge in [0.25, 0.3) is 0 Å². The van der Waals surface area contributed by atoms with Gasteiger partial charge in [-0.1, -0.05) is 30.3 Å². The molecule has 1 amide bonds. The van der Waals surface area contributed by atoms with Crippen LogP contribution in [0.1, 0.15) is 18.9 Å². The topological polar surface area (TPSA) is 57.7 Å². The number of benzene rings is 2. The van der Waals surface area contributed by atoms with Gasteiger partial charge >= 0.3 is 0 Å². The van der Waals surface area contributed by atoms with Crippen molar-refractivity contribution in [2.75, 3.05) is 23.7 Å². The lowest BCUT2D eigenvalue weighted by molar-refractivity contribution is -0.131. The lowest BCUT2D eigenvalue weighted by Gasteiger charge is -2.25. The van der Waals surface area contributed by atoms with Gasteiger partial charge in [0.05, 0.1) is 11.9 Å². The standard InChI is InChI=1S/C19H22F2N2O3S/c1-3-22(14-15-7-5-4-6-8-15)19(24)11-12-23(27(2,25)26)16-9-10-17(20)18(21)13-16/h4-10,13H,3,11-12,14H2,1-2H3. The molecule has 0 heterocycles. The van der Waals surface area contributed by atoms with Crippen molar-refractivity contribution >= 4 is 21.6 Å². The largest absolute Gasteiger partial charge is 0.339 e. The van der Waals surface area contributed by atoms with E-state index in [1.54, 1.807) is 4.90 Å². The molecule has 0 radical (unpaired) electrons. The van der Waals surface area contributed by atoms with E-state index in [1.807, 2.05) is 37.3 Å². The predicted molar refractivity (Wildman–Crippen MR) is 101 cm³/mol. The Bertz CT molecular complexity index is 889. The lowest BCUT2D eigenvalue weighted by Crippen LogP contribution is -2.36. The van der Waals surface area contributed by atoms with Crippen molar-refractivity contribution in [2.24, 2.45) is 0 Å². The van der Waals surface area contributed by atoms with Crippen LogP contribution in [0.2, 0.25) is 0 Å². The molecular formula is C19H22F2N2O3S. The summed E-state index contributed by atoms with van der Waals surface area (Å²) in [6.07, 6.45) is 0.882. The van der Waals surface area contributed by atoms with Gasteiger partial charge in [-0.3, -0.25) is 9.10 Å². The van der Waals surface area contributed by atoms with Crippen LogP contribution in [-0.4, -0.2) is 38.6 Å². The Balaban J connectivity index is 2.11. The Hall–Kier alpha value is -2.48. The van der Waals surface area contributed by atoms with Gasteiger partial charge in [0.2, 0.25) is 15.9 Å². The molecule has 27 heavy (non-hydrogen) atoms. The smallest absolute Gasteiger partial charge is 0.232 e. The number of halogens is 2. The highest BCUT2D eigenvalue weighted by Crippen LogP contribution is 2.21. The van der Waals surface area contributed by atoms with Gasteiger partial charge in [-0.2, -0.15) is 0 Å². The van der Waals surface area contributed by atoms with Crippen molar-refractivity contribution in [3.8, 4) is 0 Å².